The molecule has 1 aromatic heterocycles. The number of aromatic nitrogens is 1. The summed E-state index contributed by atoms with van der Waals surface area (Å²) >= 11 is 0. The van der Waals surface area contributed by atoms with E-state index in [1.807, 2.05) is 0 Å². The first kappa shape index (κ1) is 13.5. The van der Waals surface area contributed by atoms with Crippen LogP contribution in [-0.4, -0.2) is 40.0 Å². The molecule has 0 bridgehead atoms. The van der Waals surface area contributed by atoms with Crippen LogP contribution in [0.5, 0.6) is 0 Å². The standard InChI is InChI=1S/C14H18N2O3/c1-3-14(2)7-8-16(9-14)12(17)10-5-4-6-11(15-10)13(18)19/h4-6H,3,7-9H2,1-2H3,(H,18,19). The Bertz CT molecular complexity index is 515. The van der Waals surface area contributed by atoms with E-state index in [0.29, 0.717) is 13.1 Å². The van der Waals surface area contributed by atoms with Crippen LogP contribution in [0.2, 0.25) is 0 Å². The van der Waals surface area contributed by atoms with Crippen LogP contribution in [0.15, 0.2) is 18.2 Å². The number of carboxylic acid groups (broad SMARTS) is 1. The van der Waals surface area contributed by atoms with E-state index >= 15 is 0 Å². The highest BCUT2D eigenvalue weighted by Gasteiger charge is 2.35. The van der Waals surface area contributed by atoms with E-state index in [2.05, 4.69) is 18.8 Å². The Kier molecular flexibility index (Phi) is 3.55. The normalized spacial score (nSPS) is 22.5. The summed E-state index contributed by atoms with van der Waals surface area (Å²) in [7, 11) is 0. The fraction of sp³-hybridized carbons (Fsp3) is 0.500. The highest BCUT2D eigenvalue weighted by atomic mass is 16.4. The van der Waals surface area contributed by atoms with E-state index in [0.717, 1.165) is 12.8 Å². The van der Waals surface area contributed by atoms with E-state index in [-0.39, 0.29) is 22.7 Å². The van der Waals surface area contributed by atoms with Gasteiger partial charge in [-0.3, -0.25) is 4.79 Å². The Balaban J connectivity index is 2.17. The maximum Gasteiger partial charge on any atom is 0.354 e. The predicted molar refractivity (Wildman–Crippen MR) is 70.1 cm³/mol. The molecule has 1 amide bonds. The molecule has 19 heavy (non-hydrogen) atoms. The molecule has 1 unspecified atom stereocenters. The second-order valence-corrected chi connectivity index (χ2v) is 5.35. The first-order valence-corrected chi connectivity index (χ1v) is 6.45. The van der Waals surface area contributed by atoms with Gasteiger partial charge in [-0.15, -0.1) is 0 Å². The summed E-state index contributed by atoms with van der Waals surface area (Å²) in [6, 6.07) is 4.51. The first-order chi connectivity index (χ1) is 8.95. The molecule has 1 aliphatic heterocycles. The number of rotatable bonds is 3. The van der Waals surface area contributed by atoms with Gasteiger partial charge in [0.15, 0.2) is 0 Å². The van der Waals surface area contributed by atoms with E-state index in [4.69, 9.17) is 5.11 Å². The zero-order valence-corrected chi connectivity index (χ0v) is 11.2. The zero-order valence-electron chi connectivity index (χ0n) is 11.2. The van der Waals surface area contributed by atoms with Gasteiger partial charge in [0, 0.05) is 13.1 Å². The summed E-state index contributed by atoms with van der Waals surface area (Å²) in [6.45, 7) is 5.71. The lowest BCUT2D eigenvalue weighted by Crippen LogP contribution is -2.31. The fourth-order valence-corrected chi connectivity index (χ4v) is 2.32. The molecule has 2 rings (SSSR count). The lowest BCUT2D eigenvalue weighted by Gasteiger charge is -2.22. The SMILES string of the molecule is CCC1(C)CCN(C(=O)c2cccc(C(=O)O)n2)C1. The summed E-state index contributed by atoms with van der Waals surface area (Å²) in [5.41, 5.74) is 0.281. The molecule has 1 fully saturated rings. The molecule has 0 radical (unpaired) electrons. The van der Waals surface area contributed by atoms with Crippen LogP contribution in [0.4, 0.5) is 0 Å². The fourth-order valence-electron chi connectivity index (χ4n) is 2.32. The molecule has 102 valence electrons. The van der Waals surface area contributed by atoms with Crippen LogP contribution in [0, 0.1) is 5.41 Å². The molecule has 2 heterocycles. The van der Waals surface area contributed by atoms with Crippen LogP contribution in [0.25, 0.3) is 0 Å². The van der Waals surface area contributed by atoms with Gasteiger partial charge in [-0.25, -0.2) is 9.78 Å². The third-order valence-electron chi connectivity index (χ3n) is 3.89. The summed E-state index contributed by atoms with van der Waals surface area (Å²) in [5.74, 6) is -1.30. The minimum Gasteiger partial charge on any atom is -0.477 e. The van der Waals surface area contributed by atoms with Gasteiger partial charge < -0.3 is 10.0 Å². The number of carbonyl (C=O) groups excluding carboxylic acids is 1. The Hall–Kier alpha value is -1.91. The van der Waals surface area contributed by atoms with Crippen molar-refractivity contribution in [2.45, 2.75) is 26.7 Å². The van der Waals surface area contributed by atoms with Crippen molar-refractivity contribution in [2.24, 2.45) is 5.41 Å². The van der Waals surface area contributed by atoms with Crippen molar-refractivity contribution >= 4 is 11.9 Å². The van der Waals surface area contributed by atoms with E-state index in [1.165, 1.54) is 6.07 Å². The second-order valence-electron chi connectivity index (χ2n) is 5.35. The molecule has 5 nitrogen and oxygen atoms in total. The summed E-state index contributed by atoms with van der Waals surface area (Å²) in [6.07, 6.45) is 2.01. The van der Waals surface area contributed by atoms with Crippen molar-refractivity contribution in [3.05, 3.63) is 29.6 Å². The van der Waals surface area contributed by atoms with Crippen molar-refractivity contribution < 1.29 is 14.7 Å². The number of carboxylic acids is 1. The highest BCUT2D eigenvalue weighted by molar-refractivity contribution is 5.94. The average molecular weight is 262 g/mol. The maximum atomic E-state index is 12.3. The maximum absolute atomic E-state index is 12.3. The van der Waals surface area contributed by atoms with Crippen LogP contribution in [0.3, 0.4) is 0 Å². The van der Waals surface area contributed by atoms with Gasteiger partial charge >= 0.3 is 5.97 Å². The lowest BCUT2D eigenvalue weighted by molar-refractivity contribution is 0.0690. The van der Waals surface area contributed by atoms with Crippen LogP contribution < -0.4 is 0 Å². The molecule has 5 heteroatoms. The van der Waals surface area contributed by atoms with E-state index < -0.39 is 5.97 Å². The Morgan fingerprint density at radius 2 is 2.11 bits per heavy atom. The van der Waals surface area contributed by atoms with Gasteiger partial charge in [0.1, 0.15) is 11.4 Å². The molecule has 0 spiro atoms. The van der Waals surface area contributed by atoms with Crippen LogP contribution in [0.1, 0.15) is 47.7 Å². The molecule has 0 saturated carbocycles. The van der Waals surface area contributed by atoms with Crippen LogP contribution >= 0.6 is 0 Å². The summed E-state index contributed by atoms with van der Waals surface area (Å²) < 4.78 is 0. The third kappa shape index (κ3) is 2.75. The summed E-state index contributed by atoms with van der Waals surface area (Å²) in [5, 5.41) is 8.89. The van der Waals surface area contributed by atoms with Gasteiger partial charge in [0.2, 0.25) is 0 Å². The number of amides is 1. The minimum absolute atomic E-state index is 0.0942. The Morgan fingerprint density at radius 3 is 2.68 bits per heavy atom. The monoisotopic (exact) mass is 262 g/mol. The van der Waals surface area contributed by atoms with Crippen molar-refractivity contribution in [1.29, 1.82) is 0 Å². The minimum atomic E-state index is -1.12. The number of nitrogens with zero attached hydrogens (tertiary/aromatic N) is 2. The highest BCUT2D eigenvalue weighted by Crippen LogP contribution is 2.33. The number of aromatic carboxylic acids is 1. The molecular formula is C14H18N2O3. The van der Waals surface area contributed by atoms with Crippen molar-refractivity contribution in [2.75, 3.05) is 13.1 Å². The van der Waals surface area contributed by atoms with Crippen LogP contribution in [-0.2, 0) is 0 Å². The number of hydrogen-bond donors (Lipinski definition) is 1. The molecule has 0 aliphatic carbocycles. The Labute approximate surface area is 112 Å². The number of likely N-dealkylation sites (tertiary alicyclic amines) is 1. The topological polar surface area (TPSA) is 70.5 Å². The summed E-state index contributed by atoms with van der Waals surface area (Å²) in [4.78, 5) is 28.8. The van der Waals surface area contributed by atoms with Gasteiger partial charge in [-0.1, -0.05) is 19.9 Å². The Morgan fingerprint density at radius 1 is 1.42 bits per heavy atom. The van der Waals surface area contributed by atoms with Crippen molar-refractivity contribution in [3.63, 3.8) is 0 Å². The molecule has 1 saturated heterocycles. The van der Waals surface area contributed by atoms with Gasteiger partial charge in [-0.05, 0) is 30.4 Å². The number of carbonyl (C=O) groups is 2. The molecule has 1 N–H and O–H groups in total. The molecule has 0 aromatic carbocycles. The lowest BCUT2D eigenvalue weighted by atomic mass is 9.87. The molecular weight excluding hydrogens is 244 g/mol. The van der Waals surface area contributed by atoms with Gasteiger partial charge in [-0.2, -0.15) is 0 Å². The molecule has 1 aliphatic rings. The quantitative estimate of drug-likeness (QED) is 0.905. The first-order valence-electron chi connectivity index (χ1n) is 6.45. The smallest absolute Gasteiger partial charge is 0.354 e. The zero-order chi connectivity index (χ0) is 14.0. The second kappa shape index (κ2) is 4.99. The molecule has 1 aromatic rings. The van der Waals surface area contributed by atoms with Crippen molar-refractivity contribution in [1.82, 2.24) is 9.88 Å². The largest absolute Gasteiger partial charge is 0.477 e. The third-order valence-corrected chi connectivity index (χ3v) is 3.89. The molecule has 1 atom stereocenters. The number of pyridine rings is 1. The van der Waals surface area contributed by atoms with Gasteiger partial charge in [0.25, 0.3) is 5.91 Å². The number of hydrogen-bond acceptors (Lipinski definition) is 3. The van der Waals surface area contributed by atoms with Crippen molar-refractivity contribution in [3.8, 4) is 0 Å². The van der Waals surface area contributed by atoms with E-state index in [9.17, 15) is 9.59 Å². The predicted octanol–water partition coefficient (Wildman–Crippen LogP) is 2.04. The average Bonchev–Trinajstić information content (AvgIpc) is 2.81. The van der Waals surface area contributed by atoms with Gasteiger partial charge in [0.05, 0.1) is 0 Å². The van der Waals surface area contributed by atoms with E-state index in [1.54, 1.807) is 17.0 Å².